The highest BCUT2D eigenvalue weighted by atomic mass is 32.1. The van der Waals surface area contributed by atoms with E-state index in [1.54, 1.807) is 0 Å². The molecular formula is C14H10F3N3S. The SMILES string of the molecule is Cc1sc2nc(-c3ccc(F)c(F)c3F)nc(N)c2c1C. The fourth-order valence-corrected chi connectivity index (χ4v) is 3.14. The minimum Gasteiger partial charge on any atom is -0.383 e. The van der Waals surface area contributed by atoms with Crippen LogP contribution in [-0.4, -0.2) is 9.97 Å². The third-order valence-electron chi connectivity index (χ3n) is 3.33. The van der Waals surface area contributed by atoms with Crippen LogP contribution in [0.3, 0.4) is 0 Å². The molecule has 0 aliphatic rings. The van der Waals surface area contributed by atoms with E-state index in [9.17, 15) is 13.2 Å². The van der Waals surface area contributed by atoms with Crippen LogP contribution in [0.1, 0.15) is 10.4 Å². The van der Waals surface area contributed by atoms with Crippen LogP contribution < -0.4 is 5.73 Å². The van der Waals surface area contributed by atoms with E-state index in [2.05, 4.69) is 9.97 Å². The number of anilines is 1. The van der Waals surface area contributed by atoms with Crippen molar-refractivity contribution >= 4 is 27.4 Å². The van der Waals surface area contributed by atoms with Gasteiger partial charge in [0, 0.05) is 4.88 Å². The van der Waals surface area contributed by atoms with Gasteiger partial charge in [0.05, 0.1) is 10.9 Å². The number of aromatic nitrogens is 2. The number of nitrogens with zero attached hydrogens (tertiary/aromatic N) is 2. The first-order valence-electron chi connectivity index (χ1n) is 6.07. The minimum atomic E-state index is -1.55. The van der Waals surface area contributed by atoms with Crippen LogP contribution >= 0.6 is 11.3 Å². The standard InChI is InChI=1S/C14H10F3N3S/c1-5-6(2)21-14-9(5)12(18)19-13(20-14)7-3-4-8(15)11(17)10(7)16/h3-4H,1-2H3,(H2,18,19,20). The van der Waals surface area contributed by atoms with Crippen LogP contribution in [0.25, 0.3) is 21.6 Å². The average Bonchev–Trinajstić information content (AvgIpc) is 2.72. The molecule has 0 bridgehead atoms. The summed E-state index contributed by atoms with van der Waals surface area (Å²) in [6.07, 6.45) is 0. The van der Waals surface area contributed by atoms with Gasteiger partial charge in [-0.25, -0.2) is 23.1 Å². The lowest BCUT2D eigenvalue weighted by molar-refractivity contribution is 0.448. The molecule has 2 heterocycles. The smallest absolute Gasteiger partial charge is 0.195 e. The molecule has 0 saturated carbocycles. The van der Waals surface area contributed by atoms with E-state index in [-0.39, 0.29) is 17.2 Å². The van der Waals surface area contributed by atoms with Gasteiger partial charge in [-0.15, -0.1) is 11.3 Å². The molecule has 0 amide bonds. The number of halogens is 3. The van der Waals surface area contributed by atoms with Crippen molar-refractivity contribution in [3.63, 3.8) is 0 Å². The van der Waals surface area contributed by atoms with Gasteiger partial charge in [-0.05, 0) is 31.5 Å². The molecule has 0 aliphatic heterocycles. The molecule has 0 radical (unpaired) electrons. The first-order chi connectivity index (χ1) is 9.90. The van der Waals surface area contributed by atoms with E-state index in [1.807, 2.05) is 13.8 Å². The van der Waals surface area contributed by atoms with E-state index in [4.69, 9.17) is 5.73 Å². The maximum atomic E-state index is 13.8. The van der Waals surface area contributed by atoms with E-state index in [0.29, 0.717) is 10.2 Å². The average molecular weight is 309 g/mol. The van der Waals surface area contributed by atoms with Crippen molar-refractivity contribution < 1.29 is 13.2 Å². The Morgan fingerprint density at radius 1 is 1.05 bits per heavy atom. The summed E-state index contributed by atoms with van der Waals surface area (Å²) in [5, 5.41) is 0.712. The van der Waals surface area contributed by atoms with E-state index in [0.717, 1.165) is 22.6 Å². The Hall–Kier alpha value is -2.15. The zero-order chi connectivity index (χ0) is 15.3. The van der Waals surface area contributed by atoms with Crippen molar-refractivity contribution in [3.05, 3.63) is 40.0 Å². The Bertz CT molecular complexity index is 874. The molecule has 108 valence electrons. The van der Waals surface area contributed by atoms with Crippen molar-refractivity contribution in [2.24, 2.45) is 0 Å². The third kappa shape index (κ3) is 2.04. The van der Waals surface area contributed by atoms with Crippen LogP contribution in [0.4, 0.5) is 19.0 Å². The normalized spacial score (nSPS) is 11.3. The zero-order valence-electron chi connectivity index (χ0n) is 11.2. The van der Waals surface area contributed by atoms with Gasteiger partial charge in [0.25, 0.3) is 0 Å². The van der Waals surface area contributed by atoms with Gasteiger partial charge in [0.1, 0.15) is 10.6 Å². The van der Waals surface area contributed by atoms with Gasteiger partial charge in [0.15, 0.2) is 23.3 Å². The maximum absolute atomic E-state index is 13.8. The van der Waals surface area contributed by atoms with Crippen molar-refractivity contribution in [2.75, 3.05) is 5.73 Å². The van der Waals surface area contributed by atoms with Crippen LogP contribution in [0.2, 0.25) is 0 Å². The fourth-order valence-electron chi connectivity index (χ4n) is 2.10. The highest BCUT2D eigenvalue weighted by molar-refractivity contribution is 7.18. The van der Waals surface area contributed by atoms with E-state index >= 15 is 0 Å². The second-order valence-corrected chi connectivity index (χ2v) is 5.82. The van der Waals surface area contributed by atoms with Crippen molar-refractivity contribution in [1.29, 1.82) is 0 Å². The topological polar surface area (TPSA) is 51.8 Å². The molecule has 0 aliphatic carbocycles. The molecule has 0 saturated heterocycles. The first kappa shape index (κ1) is 13.8. The second kappa shape index (κ2) is 4.70. The molecule has 0 unspecified atom stereocenters. The van der Waals surface area contributed by atoms with Gasteiger partial charge in [-0.3, -0.25) is 0 Å². The molecule has 0 spiro atoms. The fraction of sp³-hybridized carbons (Fsp3) is 0.143. The summed E-state index contributed by atoms with van der Waals surface area (Å²) < 4.78 is 40.1. The maximum Gasteiger partial charge on any atom is 0.195 e. The van der Waals surface area contributed by atoms with Crippen LogP contribution in [0, 0.1) is 31.3 Å². The van der Waals surface area contributed by atoms with Gasteiger partial charge in [-0.1, -0.05) is 0 Å². The molecule has 2 aromatic heterocycles. The Morgan fingerprint density at radius 3 is 2.48 bits per heavy atom. The Kier molecular flexibility index (Phi) is 3.09. The summed E-state index contributed by atoms with van der Waals surface area (Å²) >= 11 is 1.39. The van der Waals surface area contributed by atoms with Gasteiger partial charge in [-0.2, -0.15) is 0 Å². The first-order valence-corrected chi connectivity index (χ1v) is 6.89. The predicted octanol–water partition coefficient (Wildman–Crippen LogP) is 3.97. The molecular weight excluding hydrogens is 299 g/mol. The number of nitrogen functional groups attached to an aromatic ring is 1. The molecule has 21 heavy (non-hydrogen) atoms. The molecule has 3 rings (SSSR count). The lowest BCUT2D eigenvalue weighted by atomic mass is 10.1. The summed E-state index contributed by atoms with van der Waals surface area (Å²) in [6.45, 7) is 3.81. The number of hydrogen-bond donors (Lipinski definition) is 1. The third-order valence-corrected chi connectivity index (χ3v) is 4.43. The number of thiophene rings is 1. The van der Waals surface area contributed by atoms with Gasteiger partial charge >= 0.3 is 0 Å². The molecule has 7 heteroatoms. The number of rotatable bonds is 1. The number of fused-ring (bicyclic) bond motifs is 1. The van der Waals surface area contributed by atoms with Crippen LogP contribution in [-0.2, 0) is 0 Å². The molecule has 2 N–H and O–H groups in total. The lowest BCUT2D eigenvalue weighted by Crippen LogP contribution is -2.00. The molecule has 0 fully saturated rings. The number of aryl methyl sites for hydroxylation is 2. The predicted molar refractivity (Wildman–Crippen MR) is 76.6 cm³/mol. The van der Waals surface area contributed by atoms with E-state index < -0.39 is 17.5 Å². The molecule has 1 aromatic carbocycles. The monoisotopic (exact) mass is 309 g/mol. The summed E-state index contributed by atoms with van der Waals surface area (Å²) in [7, 11) is 0. The number of nitrogens with two attached hydrogens (primary N) is 1. The van der Waals surface area contributed by atoms with Crippen molar-refractivity contribution in [1.82, 2.24) is 9.97 Å². The van der Waals surface area contributed by atoms with Crippen LogP contribution in [0.5, 0.6) is 0 Å². The number of benzene rings is 1. The van der Waals surface area contributed by atoms with Gasteiger partial charge < -0.3 is 5.73 Å². The summed E-state index contributed by atoms with van der Waals surface area (Å²) in [6, 6.07) is 1.93. The minimum absolute atomic E-state index is 0.0577. The molecule has 3 nitrogen and oxygen atoms in total. The lowest BCUT2D eigenvalue weighted by Gasteiger charge is -2.05. The highest BCUT2D eigenvalue weighted by Crippen LogP contribution is 2.34. The van der Waals surface area contributed by atoms with Crippen molar-refractivity contribution in [3.8, 4) is 11.4 Å². The Balaban J connectivity index is 2.29. The molecule has 3 aromatic rings. The van der Waals surface area contributed by atoms with Crippen molar-refractivity contribution in [2.45, 2.75) is 13.8 Å². The van der Waals surface area contributed by atoms with Gasteiger partial charge in [0.2, 0.25) is 0 Å². The molecule has 0 atom stereocenters. The number of hydrogen-bond acceptors (Lipinski definition) is 4. The summed E-state index contributed by atoms with van der Waals surface area (Å²) in [5.74, 6) is -3.99. The largest absolute Gasteiger partial charge is 0.383 e. The summed E-state index contributed by atoms with van der Waals surface area (Å²) in [5.41, 5.74) is 6.64. The quantitative estimate of drug-likeness (QED) is 0.692. The van der Waals surface area contributed by atoms with Crippen LogP contribution in [0.15, 0.2) is 12.1 Å². The second-order valence-electron chi connectivity index (χ2n) is 4.62. The highest BCUT2D eigenvalue weighted by Gasteiger charge is 2.19. The Morgan fingerprint density at radius 2 is 1.76 bits per heavy atom. The zero-order valence-corrected chi connectivity index (χ0v) is 12.0. The van der Waals surface area contributed by atoms with E-state index in [1.165, 1.54) is 11.3 Å². The Labute approximate surface area is 122 Å². The summed E-state index contributed by atoms with van der Waals surface area (Å²) in [4.78, 5) is 9.86.